The van der Waals surface area contributed by atoms with Gasteiger partial charge in [0, 0.05) is 19.0 Å². The molecule has 0 saturated carbocycles. The molecule has 11 heteroatoms. The number of carboxylic acids is 1. The zero-order valence-corrected chi connectivity index (χ0v) is 22.1. The number of nitrogens with zero attached hydrogens (tertiary/aromatic N) is 5. The maximum absolute atomic E-state index is 13.5. The minimum absolute atomic E-state index is 0.0979. The van der Waals surface area contributed by atoms with E-state index in [-0.39, 0.29) is 38.7 Å². The number of rotatable bonds is 5. The van der Waals surface area contributed by atoms with Crippen LogP contribution in [0, 0.1) is 0 Å². The number of amides is 2. The van der Waals surface area contributed by atoms with Gasteiger partial charge in [0.25, 0.3) is 0 Å². The first-order chi connectivity index (χ1) is 18.6. The van der Waals surface area contributed by atoms with Crippen molar-refractivity contribution in [2.45, 2.75) is 44.9 Å². The minimum Gasteiger partial charge on any atom is -0.480 e. The van der Waals surface area contributed by atoms with Gasteiger partial charge in [0.1, 0.15) is 24.4 Å². The van der Waals surface area contributed by atoms with Gasteiger partial charge in [-0.15, -0.1) is 5.10 Å². The van der Waals surface area contributed by atoms with Crippen LogP contribution >= 0.6 is 0 Å². The molecule has 11 nitrogen and oxygen atoms in total. The summed E-state index contributed by atoms with van der Waals surface area (Å²) in [4.78, 5) is 40.4. The summed E-state index contributed by atoms with van der Waals surface area (Å²) in [6.45, 7) is 5.67. The topological polar surface area (TPSA) is 127 Å². The number of hydrogen-bond donors (Lipinski definition) is 1. The van der Waals surface area contributed by atoms with Crippen LogP contribution in [0.2, 0.25) is 0 Å². The number of carboxylic acid groups (broad SMARTS) is 1. The third-order valence-corrected chi connectivity index (χ3v) is 6.80. The van der Waals surface area contributed by atoms with Crippen LogP contribution in [0.25, 0.3) is 11.1 Å². The van der Waals surface area contributed by atoms with Crippen LogP contribution < -0.4 is 0 Å². The second-order valence-corrected chi connectivity index (χ2v) is 10.7. The van der Waals surface area contributed by atoms with E-state index < -0.39 is 29.8 Å². The lowest BCUT2D eigenvalue weighted by Crippen LogP contribution is -2.53. The van der Waals surface area contributed by atoms with Crippen LogP contribution in [0.1, 0.15) is 49.6 Å². The van der Waals surface area contributed by atoms with E-state index in [1.165, 1.54) is 20.7 Å². The molecule has 0 bridgehead atoms. The molecule has 2 heterocycles. The van der Waals surface area contributed by atoms with E-state index in [4.69, 9.17) is 14.6 Å². The fourth-order valence-electron chi connectivity index (χ4n) is 5.11. The Bertz CT molecular complexity index is 1350. The molecule has 2 amide bonds. The molecule has 1 fully saturated rings. The van der Waals surface area contributed by atoms with Gasteiger partial charge >= 0.3 is 18.2 Å². The van der Waals surface area contributed by atoms with E-state index in [0.29, 0.717) is 5.69 Å². The summed E-state index contributed by atoms with van der Waals surface area (Å²) in [5.74, 6) is -1.17. The van der Waals surface area contributed by atoms with Gasteiger partial charge in [-0.25, -0.2) is 14.3 Å². The number of aromatic nitrogens is 3. The standard InChI is InChI=1S/C28H31N5O6/c1-28(2,3)39-26(36)31-12-13-33(24(15-31)23-14-32(30-29-23)16-25(34)35)27(37)38-17-22-20-10-6-4-8-18(20)19-9-5-7-11-21(19)22/h4-11,14,22,24H,12-13,15-17H2,1-3H3,(H,34,35). The van der Waals surface area contributed by atoms with Crippen molar-refractivity contribution in [2.75, 3.05) is 26.2 Å². The maximum Gasteiger partial charge on any atom is 0.410 e. The molecule has 2 aromatic carbocycles. The minimum atomic E-state index is -1.07. The number of hydrogen-bond acceptors (Lipinski definition) is 7. The van der Waals surface area contributed by atoms with Crippen LogP contribution in [0.3, 0.4) is 0 Å². The van der Waals surface area contributed by atoms with Gasteiger partial charge in [0.05, 0.1) is 18.8 Å². The maximum atomic E-state index is 13.5. The molecule has 204 valence electrons. The highest BCUT2D eigenvalue weighted by molar-refractivity contribution is 5.79. The van der Waals surface area contributed by atoms with Crippen molar-refractivity contribution in [2.24, 2.45) is 0 Å². The Labute approximate surface area is 225 Å². The van der Waals surface area contributed by atoms with Gasteiger partial charge in [-0.2, -0.15) is 0 Å². The fraction of sp³-hybridized carbons (Fsp3) is 0.393. The summed E-state index contributed by atoms with van der Waals surface area (Å²) in [6, 6.07) is 15.5. The van der Waals surface area contributed by atoms with Gasteiger partial charge < -0.3 is 19.5 Å². The molecule has 1 unspecified atom stereocenters. The number of benzene rings is 2. The third-order valence-electron chi connectivity index (χ3n) is 6.80. The molecule has 1 saturated heterocycles. The Balaban J connectivity index is 1.35. The van der Waals surface area contributed by atoms with Gasteiger partial charge in [-0.3, -0.25) is 9.69 Å². The molecule has 2 aliphatic rings. The fourth-order valence-corrected chi connectivity index (χ4v) is 5.11. The predicted octanol–water partition coefficient (Wildman–Crippen LogP) is 3.91. The quantitative estimate of drug-likeness (QED) is 0.523. The predicted molar refractivity (Wildman–Crippen MR) is 140 cm³/mol. The number of carbonyl (C=O) groups excluding carboxylic acids is 2. The van der Waals surface area contributed by atoms with Crippen LogP contribution in [0.5, 0.6) is 0 Å². The van der Waals surface area contributed by atoms with E-state index in [1.807, 2.05) is 24.3 Å². The highest BCUT2D eigenvalue weighted by atomic mass is 16.6. The lowest BCUT2D eigenvalue weighted by molar-refractivity contribution is -0.137. The molecular weight excluding hydrogens is 502 g/mol. The van der Waals surface area contributed by atoms with E-state index in [2.05, 4.69) is 34.6 Å². The van der Waals surface area contributed by atoms with Crippen molar-refractivity contribution in [1.82, 2.24) is 24.8 Å². The van der Waals surface area contributed by atoms with Crippen molar-refractivity contribution >= 4 is 18.2 Å². The van der Waals surface area contributed by atoms with Crippen LogP contribution in [0.15, 0.2) is 54.7 Å². The lowest BCUT2D eigenvalue weighted by atomic mass is 9.98. The average molecular weight is 534 g/mol. The SMILES string of the molecule is CC(C)(C)OC(=O)N1CCN(C(=O)OCC2c3ccccc3-c3ccccc32)C(c2cn(CC(=O)O)nn2)C1. The molecule has 1 aliphatic carbocycles. The summed E-state index contributed by atoms with van der Waals surface area (Å²) in [5.41, 5.74) is 4.16. The summed E-state index contributed by atoms with van der Waals surface area (Å²) >= 11 is 0. The molecule has 1 aromatic heterocycles. The van der Waals surface area contributed by atoms with Gasteiger partial charge in [0.15, 0.2) is 0 Å². The number of carbonyl (C=O) groups is 3. The highest BCUT2D eigenvalue weighted by Crippen LogP contribution is 2.44. The molecular formula is C28H31N5O6. The molecule has 0 radical (unpaired) electrons. The molecule has 3 aromatic rings. The second kappa shape index (κ2) is 10.4. The number of piperazine rings is 1. The lowest BCUT2D eigenvalue weighted by Gasteiger charge is -2.40. The Morgan fingerprint density at radius 2 is 1.62 bits per heavy atom. The summed E-state index contributed by atoms with van der Waals surface area (Å²) in [5, 5.41) is 17.1. The highest BCUT2D eigenvalue weighted by Gasteiger charge is 2.38. The first kappa shape index (κ1) is 26.2. The van der Waals surface area contributed by atoms with Crippen molar-refractivity contribution in [3.8, 4) is 11.1 Å². The van der Waals surface area contributed by atoms with Crippen molar-refractivity contribution in [1.29, 1.82) is 0 Å². The van der Waals surface area contributed by atoms with E-state index >= 15 is 0 Å². The monoisotopic (exact) mass is 533 g/mol. The summed E-state index contributed by atoms with van der Waals surface area (Å²) in [6.07, 6.45) is 0.428. The van der Waals surface area contributed by atoms with E-state index in [9.17, 15) is 14.4 Å². The summed E-state index contributed by atoms with van der Waals surface area (Å²) in [7, 11) is 0. The average Bonchev–Trinajstić information content (AvgIpc) is 3.48. The number of aliphatic carboxylic acids is 1. The van der Waals surface area contributed by atoms with Crippen molar-refractivity contribution in [3.05, 3.63) is 71.5 Å². The van der Waals surface area contributed by atoms with Crippen LogP contribution in [-0.4, -0.2) is 79.9 Å². The largest absolute Gasteiger partial charge is 0.480 e. The number of fused-ring (bicyclic) bond motifs is 3. The van der Waals surface area contributed by atoms with Gasteiger partial charge in [0.2, 0.25) is 0 Å². The molecule has 5 rings (SSSR count). The summed E-state index contributed by atoms with van der Waals surface area (Å²) < 4.78 is 12.6. The first-order valence-electron chi connectivity index (χ1n) is 12.8. The molecule has 1 atom stereocenters. The Morgan fingerprint density at radius 3 is 2.23 bits per heavy atom. The number of ether oxygens (including phenoxy) is 2. The second-order valence-electron chi connectivity index (χ2n) is 10.7. The first-order valence-corrected chi connectivity index (χ1v) is 12.8. The van der Waals surface area contributed by atoms with Crippen molar-refractivity contribution in [3.63, 3.8) is 0 Å². The smallest absolute Gasteiger partial charge is 0.410 e. The molecule has 39 heavy (non-hydrogen) atoms. The van der Waals surface area contributed by atoms with E-state index in [0.717, 1.165) is 22.3 Å². The van der Waals surface area contributed by atoms with E-state index in [1.54, 1.807) is 20.8 Å². The third kappa shape index (κ3) is 5.57. The Kier molecular flexibility index (Phi) is 6.98. The normalized spacial score (nSPS) is 16.9. The zero-order valence-electron chi connectivity index (χ0n) is 22.1. The molecule has 1 N–H and O–H groups in total. The zero-order chi connectivity index (χ0) is 27.7. The van der Waals surface area contributed by atoms with Gasteiger partial charge in [-0.05, 0) is 43.0 Å². The van der Waals surface area contributed by atoms with Crippen LogP contribution in [-0.2, 0) is 20.8 Å². The Hall–Kier alpha value is -4.41. The van der Waals surface area contributed by atoms with Crippen LogP contribution in [0.4, 0.5) is 9.59 Å². The molecule has 0 spiro atoms. The Morgan fingerprint density at radius 1 is 0.974 bits per heavy atom. The van der Waals surface area contributed by atoms with Crippen molar-refractivity contribution < 1.29 is 29.0 Å². The van der Waals surface area contributed by atoms with Gasteiger partial charge in [-0.1, -0.05) is 53.7 Å². The molecule has 1 aliphatic heterocycles.